The maximum Gasteiger partial charge on any atom is 0.407 e. The number of ether oxygens (including phenoxy) is 1. The summed E-state index contributed by atoms with van der Waals surface area (Å²) in [5.41, 5.74) is -2.34. The van der Waals surface area contributed by atoms with E-state index >= 15 is 0 Å². The molecule has 3 rings (SSSR count). The number of hydrogen-bond donors (Lipinski definition) is 3. The number of carbonyl (C=O) groups is 3. The number of nitrogens with zero attached hydrogens (tertiary/aromatic N) is 1. The molecule has 0 aromatic heterocycles. The summed E-state index contributed by atoms with van der Waals surface area (Å²) >= 11 is 0. The normalized spacial score (nSPS) is 11.9. The van der Waals surface area contributed by atoms with Crippen LogP contribution in [0.3, 0.4) is 0 Å². The topological polar surface area (TPSA) is 108 Å². The van der Waals surface area contributed by atoms with Gasteiger partial charge in [0, 0.05) is 0 Å². The lowest BCUT2D eigenvalue weighted by Gasteiger charge is -2.28. The summed E-state index contributed by atoms with van der Waals surface area (Å²) in [7, 11) is 0. The summed E-state index contributed by atoms with van der Waals surface area (Å²) in [6.07, 6.45) is -2.71. The van der Waals surface area contributed by atoms with Crippen LogP contribution in [0.25, 0.3) is 0 Å². The summed E-state index contributed by atoms with van der Waals surface area (Å²) in [5.74, 6) is -14.3. The molecule has 1 unspecified atom stereocenters. The maximum absolute atomic E-state index is 14.3. The lowest BCUT2D eigenvalue weighted by atomic mass is 10.1. The Morgan fingerprint density at radius 1 is 0.854 bits per heavy atom. The second kappa shape index (κ2) is 12.8. The highest BCUT2D eigenvalue weighted by Crippen LogP contribution is 2.30. The molecule has 0 aliphatic heterocycles. The van der Waals surface area contributed by atoms with Gasteiger partial charge in [-0.2, -0.15) is 0 Å². The first kappa shape index (κ1) is 31.0. The van der Waals surface area contributed by atoms with E-state index in [1.165, 1.54) is 24.3 Å². The number of anilines is 2. The van der Waals surface area contributed by atoms with Crippen molar-refractivity contribution in [3.05, 3.63) is 94.8 Å². The average molecular weight is 580 g/mol. The van der Waals surface area contributed by atoms with Crippen molar-refractivity contribution in [2.45, 2.75) is 39.0 Å². The molecule has 3 amide bonds. The minimum absolute atomic E-state index is 0.0881. The Morgan fingerprint density at radius 2 is 1.39 bits per heavy atom. The van der Waals surface area contributed by atoms with E-state index in [1.54, 1.807) is 51.1 Å². The largest absolute Gasteiger partial charge is 0.444 e. The van der Waals surface area contributed by atoms with Gasteiger partial charge < -0.3 is 25.4 Å². The number of hydrogen-bond acceptors (Lipinski definition) is 5. The van der Waals surface area contributed by atoms with Crippen LogP contribution in [-0.4, -0.2) is 41.3 Å². The molecule has 0 saturated heterocycles. The zero-order chi connectivity index (χ0) is 30.5. The molecule has 0 bridgehead atoms. The molecular formula is C28H26F5N3O5. The first-order valence-corrected chi connectivity index (χ1v) is 12.1. The third-order valence-electron chi connectivity index (χ3n) is 5.45. The number of para-hydroxylation sites is 2. The molecule has 0 spiro atoms. The average Bonchev–Trinajstić information content (AvgIpc) is 2.92. The lowest BCUT2D eigenvalue weighted by molar-refractivity contribution is -0.126. The fourth-order valence-electron chi connectivity index (χ4n) is 3.61. The van der Waals surface area contributed by atoms with Gasteiger partial charge in [-0.05, 0) is 38.5 Å². The number of alkyl carbamates (subject to hydrolysis) is 1. The molecule has 13 heteroatoms. The van der Waals surface area contributed by atoms with Gasteiger partial charge in [0.1, 0.15) is 11.2 Å². The first-order chi connectivity index (χ1) is 19.2. The van der Waals surface area contributed by atoms with Gasteiger partial charge in [-0.25, -0.2) is 26.7 Å². The molecule has 3 aromatic carbocycles. The molecule has 0 fully saturated rings. The molecule has 0 saturated carbocycles. The Morgan fingerprint density at radius 3 is 1.98 bits per heavy atom. The highest BCUT2D eigenvalue weighted by Gasteiger charge is 2.31. The van der Waals surface area contributed by atoms with Gasteiger partial charge in [-0.3, -0.25) is 9.59 Å². The van der Waals surface area contributed by atoms with E-state index in [1.807, 2.05) is 0 Å². The number of amides is 3. The summed E-state index contributed by atoms with van der Waals surface area (Å²) in [6.45, 7) is 4.12. The summed E-state index contributed by atoms with van der Waals surface area (Å²) < 4.78 is 74.5. The second-order valence-corrected chi connectivity index (χ2v) is 9.72. The van der Waals surface area contributed by atoms with E-state index in [0.717, 1.165) is 4.90 Å². The molecule has 1 atom stereocenters. The highest BCUT2D eigenvalue weighted by molar-refractivity contribution is 6.08. The number of halogens is 5. The summed E-state index contributed by atoms with van der Waals surface area (Å²) in [5, 5.41) is 15.0. The quantitative estimate of drug-likeness (QED) is 0.197. The Balaban J connectivity index is 1.95. The molecule has 0 radical (unpaired) electrons. The molecule has 41 heavy (non-hydrogen) atoms. The van der Waals surface area contributed by atoms with Crippen LogP contribution in [0.2, 0.25) is 0 Å². The predicted octanol–water partition coefficient (Wildman–Crippen LogP) is 5.05. The van der Waals surface area contributed by atoms with Crippen molar-refractivity contribution in [2.24, 2.45) is 0 Å². The van der Waals surface area contributed by atoms with Gasteiger partial charge >= 0.3 is 6.09 Å². The zero-order valence-corrected chi connectivity index (χ0v) is 22.1. The Hall–Kier alpha value is -4.52. The highest BCUT2D eigenvalue weighted by atomic mass is 19.2. The Labute approximate surface area is 231 Å². The SMILES string of the molecule is CC(C)(C)OC(=O)NCC(O)C(=O)N(Cc1ccccc1)c1ccccc1NC(=O)c1c(F)c(F)c(F)c(F)c1F. The van der Waals surface area contributed by atoms with Crippen LogP contribution in [0.4, 0.5) is 38.1 Å². The van der Waals surface area contributed by atoms with Crippen LogP contribution in [0, 0.1) is 29.1 Å². The number of carbonyl (C=O) groups excluding carboxylic acids is 3. The number of nitrogens with one attached hydrogen (secondary N) is 2. The molecule has 0 aliphatic carbocycles. The van der Waals surface area contributed by atoms with Crippen molar-refractivity contribution in [3.63, 3.8) is 0 Å². The molecule has 8 nitrogen and oxygen atoms in total. The second-order valence-electron chi connectivity index (χ2n) is 9.72. The number of aliphatic hydroxyl groups excluding tert-OH is 1. The van der Waals surface area contributed by atoms with E-state index in [0.29, 0.717) is 5.56 Å². The van der Waals surface area contributed by atoms with E-state index < -0.39 is 70.8 Å². The smallest absolute Gasteiger partial charge is 0.407 e. The van der Waals surface area contributed by atoms with Crippen molar-refractivity contribution in [1.82, 2.24) is 5.32 Å². The first-order valence-electron chi connectivity index (χ1n) is 12.1. The summed E-state index contributed by atoms with van der Waals surface area (Å²) in [4.78, 5) is 39.2. The van der Waals surface area contributed by atoms with E-state index in [-0.39, 0.29) is 17.9 Å². The molecule has 0 heterocycles. The van der Waals surface area contributed by atoms with Crippen molar-refractivity contribution < 1.29 is 46.2 Å². The van der Waals surface area contributed by atoms with Crippen LogP contribution in [-0.2, 0) is 16.1 Å². The molecule has 0 aliphatic rings. The molecule has 218 valence electrons. The van der Waals surface area contributed by atoms with E-state index in [2.05, 4.69) is 10.6 Å². The summed E-state index contributed by atoms with van der Waals surface area (Å²) in [6, 6.07) is 13.7. The molecule has 3 N–H and O–H groups in total. The number of rotatable bonds is 8. The Kier molecular flexibility index (Phi) is 9.66. The van der Waals surface area contributed by atoms with Gasteiger partial charge in [0.15, 0.2) is 29.4 Å². The van der Waals surface area contributed by atoms with Crippen molar-refractivity contribution in [2.75, 3.05) is 16.8 Å². The monoisotopic (exact) mass is 579 g/mol. The zero-order valence-electron chi connectivity index (χ0n) is 22.1. The number of benzene rings is 3. The van der Waals surface area contributed by atoms with Gasteiger partial charge in [0.25, 0.3) is 11.8 Å². The van der Waals surface area contributed by atoms with Crippen molar-refractivity contribution in [3.8, 4) is 0 Å². The van der Waals surface area contributed by atoms with E-state index in [9.17, 15) is 41.4 Å². The fraction of sp³-hybridized carbons (Fsp3) is 0.250. The van der Waals surface area contributed by atoms with E-state index in [4.69, 9.17) is 4.74 Å². The third kappa shape index (κ3) is 7.57. The fourth-order valence-corrected chi connectivity index (χ4v) is 3.61. The Bertz CT molecular complexity index is 1420. The van der Waals surface area contributed by atoms with Crippen LogP contribution in [0.1, 0.15) is 36.7 Å². The maximum atomic E-state index is 14.3. The minimum Gasteiger partial charge on any atom is -0.444 e. The standard InChI is InChI=1S/C28H26F5N3O5/c1-28(2,3)41-27(40)34-13-18(37)26(39)36(14-15-9-5-4-6-10-15)17-12-8-7-11-16(17)35-25(38)19-20(29)22(31)24(33)23(32)21(19)30/h4-12,18,37H,13-14H2,1-3H3,(H,34,40)(H,35,38). The van der Waals surface area contributed by atoms with Crippen LogP contribution in [0.15, 0.2) is 54.6 Å². The van der Waals surface area contributed by atoms with Crippen molar-refractivity contribution >= 4 is 29.3 Å². The lowest BCUT2D eigenvalue weighted by Crippen LogP contribution is -2.46. The molecule has 3 aromatic rings. The van der Waals surface area contributed by atoms with Gasteiger partial charge in [0.05, 0.1) is 24.5 Å². The van der Waals surface area contributed by atoms with Crippen LogP contribution < -0.4 is 15.5 Å². The van der Waals surface area contributed by atoms with Gasteiger partial charge in [-0.1, -0.05) is 42.5 Å². The third-order valence-corrected chi connectivity index (χ3v) is 5.45. The molecular weight excluding hydrogens is 553 g/mol. The van der Waals surface area contributed by atoms with Crippen LogP contribution >= 0.6 is 0 Å². The minimum atomic E-state index is -2.43. The van der Waals surface area contributed by atoms with Crippen molar-refractivity contribution in [1.29, 1.82) is 0 Å². The van der Waals surface area contributed by atoms with Gasteiger partial charge in [0.2, 0.25) is 5.82 Å². The predicted molar refractivity (Wildman–Crippen MR) is 139 cm³/mol. The van der Waals surface area contributed by atoms with Gasteiger partial charge in [-0.15, -0.1) is 0 Å². The number of aliphatic hydroxyl groups is 1. The van der Waals surface area contributed by atoms with Crippen LogP contribution in [0.5, 0.6) is 0 Å².